The lowest BCUT2D eigenvalue weighted by molar-refractivity contribution is -0.116. The van der Waals surface area contributed by atoms with Crippen molar-refractivity contribution < 1.29 is 24.2 Å². The summed E-state index contributed by atoms with van der Waals surface area (Å²) in [5.41, 5.74) is 2.74. The Balaban J connectivity index is 1.65. The average Bonchev–Trinajstić information content (AvgIpc) is 3.30. The number of thioether (sulfide) groups is 2. The van der Waals surface area contributed by atoms with E-state index >= 15 is 0 Å². The van der Waals surface area contributed by atoms with Gasteiger partial charge in [-0.1, -0.05) is 30.1 Å². The third-order valence-electron chi connectivity index (χ3n) is 5.89. The number of amides is 2. The van der Waals surface area contributed by atoms with Crippen molar-refractivity contribution in [3.8, 4) is 5.75 Å². The summed E-state index contributed by atoms with van der Waals surface area (Å²) in [4.78, 5) is 44.2. The molecular formula is C24H19N3O5S3. The van der Waals surface area contributed by atoms with Gasteiger partial charge < -0.3 is 15.2 Å². The van der Waals surface area contributed by atoms with Crippen LogP contribution in [-0.2, 0) is 9.59 Å². The number of thiocarbonyl (C=S) groups is 1. The lowest BCUT2D eigenvalue weighted by Gasteiger charge is -2.39. The fraction of sp³-hybridized carbons (Fsp3) is 0.208. The second kappa shape index (κ2) is 8.51. The van der Waals surface area contributed by atoms with E-state index in [0.29, 0.717) is 37.7 Å². The van der Waals surface area contributed by atoms with Gasteiger partial charge in [0.25, 0.3) is 11.8 Å². The van der Waals surface area contributed by atoms with Crippen LogP contribution in [0.2, 0.25) is 0 Å². The molecule has 8 nitrogen and oxygen atoms in total. The molecule has 11 heteroatoms. The van der Waals surface area contributed by atoms with Crippen molar-refractivity contribution in [3.05, 3.63) is 58.1 Å². The van der Waals surface area contributed by atoms with Crippen LogP contribution in [0.1, 0.15) is 35.3 Å². The monoisotopic (exact) mass is 525 g/mol. The molecule has 1 aromatic carbocycles. The Hall–Kier alpha value is -3.15. The summed E-state index contributed by atoms with van der Waals surface area (Å²) in [6.07, 6.45) is 3.55. The zero-order valence-electron chi connectivity index (χ0n) is 18.9. The molecule has 1 aromatic heterocycles. The highest BCUT2D eigenvalue weighted by atomic mass is 32.2. The van der Waals surface area contributed by atoms with Gasteiger partial charge in [0.1, 0.15) is 15.1 Å². The van der Waals surface area contributed by atoms with Gasteiger partial charge in [0.15, 0.2) is 0 Å². The fourth-order valence-corrected chi connectivity index (χ4v) is 6.57. The largest absolute Gasteiger partial charge is 0.497 e. The van der Waals surface area contributed by atoms with Crippen molar-refractivity contribution in [2.24, 2.45) is 0 Å². The van der Waals surface area contributed by atoms with E-state index in [9.17, 15) is 19.5 Å². The Morgan fingerprint density at radius 3 is 2.71 bits per heavy atom. The summed E-state index contributed by atoms with van der Waals surface area (Å²) < 4.78 is 5.85. The normalized spacial score (nSPS) is 20.0. The molecule has 2 aromatic rings. The van der Waals surface area contributed by atoms with Gasteiger partial charge in [-0.3, -0.25) is 14.5 Å². The van der Waals surface area contributed by atoms with E-state index in [1.165, 1.54) is 17.8 Å². The first kappa shape index (κ1) is 23.6. The van der Waals surface area contributed by atoms with Crippen LogP contribution in [-0.4, -0.2) is 50.6 Å². The number of ether oxygens (including phenoxy) is 1. The molecule has 0 aliphatic carbocycles. The Morgan fingerprint density at radius 1 is 1.31 bits per heavy atom. The molecule has 1 fully saturated rings. The number of carbonyl (C=O) groups excluding carboxylic acids is 2. The van der Waals surface area contributed by atoms with Crippen molar-refractivity contribution in [1.82, 2.24) is 10.3 Å². The number of nitrogens with one attached hydrogen (secondary N) is 1. The smallest absolute Gasteiger partial charge is 0.338 e. The number of aromatic carboxylic acids is 1. The fourth-order valence-electron chi connectivity index (χ4n) is 4.48. The summed E-state index contributed by atoms with van der Waals surface area (Å²) in [7, 11) is 1.54. The van der Waals surface area contributed by atoms with Crippen LogP contribution in [0.4, 0.5) is 5.69 Å². The molecule has 0 atom stereocenters. The van der Waals surface area contributed by atoms with E-state index in [1.54, 1.807) is 30.3 Å². The summed E-state index contributed by atoms with van der Waals surface area (Å²) in [6, 6.07) is 6.74. The average molecular weight is 526 g/mol. The number of rotatable bonds is 5. The van der Waals surface area contributed by atoms with Crippen LogP contribution < -0.4 is 15.0 Å². The third kappa shape index (κ3) is 3.83. The Bertz CT molecular complexity index is 1410. The molecule has 2 amide bonds. The predicted molar refractivity (Wildman–Crippen MR) is 140 cm³/mol. The van der Waals surface area contributed by atoms with Crippen LogP contribution in [0.3, 0.4) is 0 Å². The Labute approximate surface area is 214 Å². The molecule has 2 N–H and O–H groups in total. The molecular weight excluding hydrogens is 506 g/mol. The van der Waals surface area contributed by atoms with Crippen LogP contribution in [0.25, 0.3) is 11.1 Å². The molecule has 0 unspecified atom stereocenters. The van der Waals surface area contributed by atoms with Crippen molar-refractivity contribution >= 4 is 74.7 Å². The molecule has 3 aliphatic heterocycles. The van der Waals surface area contributed by atoms with E-state index in [2.05, 4.69) is 10.3 Å². The van der Waals surface area contributed by atoms with Gasteiger partial charge in [-0.05, 0) is 43.7 Å². The highest BCUT2D eigenvalue weighted by molar-refractivity contribution is 8.27. The summed E-state index contributed by atoms with van der Waals surface area (Å²) in [6.45, 7) is 3.85. The molecule has 0 radical (unpaired) electrons. The third-order valence-corrected chi connectivity index (χ3v) is 8.18. The molecule has 178 valence electrons. The van der Waals surface area contributed by atoms with Crippen LogP contribution in [0, 0.1) is 0 Å². The zero-order valence-corrected chi connectivity index (χ0v) is 21.3. The molecule has 5 rings (SSSR count). The van der Waals surface area contributed by atoms with Crippen LogP contribution >= 0.6 is 35.7 Å². The standard InChI is InChI=1S/C24H19N3O5S3/c1-24(2)9-11(10-34-20-13(22(30)31)5-4-6-25-20)14-7-12(32-3)8-15-16(21(29)27(24)17(14)15)18-19(28)26-23(33)35-18/h4-9H,10H2,1-3H3,(H,30,31)(H,26,28,33)/b18-16-. The summed E-state index contributed by atoms with van der Waals surface area (Å²) in [5, 5.41) is 12.5. The predicted octanol–water partition coefficient (Wildman–Crippen LogP) is 3.96. The zero-order chi connectivity index (χ0) is 25.1. The quantitative estimate of drug-likeness (QED) is 0.341. The van der Waals surface area contributed by atoms with Crippen LogP contribution in [0.5, 0.6) is 5.75 Å². The van der Waals surface area contributed by atoms with Gasteiger partial charge in [-0.25, -0.2) is 9.78 Å². The molecule has 4 heterocycles. The maximum Gasteiger partial charge on any atom is 0.338 e. The van der Waals surface area contributed by atoms with Crippen molar-refractivity contribution in [2.75, 3.05) is 17.8 Å². The van der Waals surface area contributed by atoms with Gasteiger partial charge in [-0.15, -0.1) is 11.8 Å². The topological polar surface area (TPSA) is 109 Å². The lowest BCUT2D eigenvalue weighted by Crippen LogP contribution is -2.46. The molecule has 3 aliphatic rings. The van der Waals surface area contributed by atoms with E-state index in [1.807, 2.05) is 26.0 Å². The number of benzene rings is 1. The number of hydrogen-bond donors (Lipinski definition) is 2. The van der Waals surface area contributed by atoms with Gasteiger partial charge in [-0.2, -0.15) is 0 Å². The first-order chi connectivity index (χ1) is 16.6. The van der Waals surface area contributed by atoms with E-state index in [4.69, 9.17) is 17.0 Å². The van der Waals surface area contributed by atoms with Crippen molar-refractivity contribution in [2.45, 2.75) is 24.4 Å². The number of carbonyl (C=O) groups is 3. The number of aromatic nitrogens is 1. The van der Waals surface area contributed by atoms with Crippen LogP contribution in [0.15, 0.2) is 46.5 Å². The minimum absolute atomic E-state index is 0.133. The van der Waals surface area contributed by atoms with Crippen molar-refractivity contribution in [1.29, 1.82) is 0 Å². The number of carboxylic acids is 1. The SMILES string of the molecule is COc1cc2c3c(c1)/C(=C1/SC(=S)NC1=O)C(=O)N3C(C)(C)C=C2CSc1ncccc1C(=O)O. The summed E-state index contributed by atoms with van der Waals surface area (Å²) in [5.74, 6) is -0.746. The second-order valence-corrected chi connectivity index (χ2v) is 11.2. The highest BCUT2D eigenvalue weighted by Gasteiger charge is 2.48. The maximum atomic E-state index is 13.7. The first-order valence-electron chi connectivity index (χ1n) is 10.5. The number of carboxylic acid groups (broad SMARTS) is 1. The number of methoxy groups -OCH3 is 1. The van der Waals surface area contributed by atoms with Gasteiger partial charge >= 0.3 is 5.97 Å². The van der Waals surface area contributed by atoms with Gasteiger partial charge in [0.05, 0.1) is 34.4 Å². The molecule has 0 spiro atoms. The number of anilines is 1. The molecule has 35 heavy (non-hydrogen) atoms. The minimum atomic E-state index is -1.04. The minimum Gasteiger partial charge on any atom is -0.497 e. The number of nitrogens with zero attached hydrogens (tertiary/aromatic N) is 2. The van der Waals surface area contributed by atoms with E-state index in [0.717, 1.165) is 22.9 Å². The maximum absolute atomic E-state index is 13.7. The van der Waals surface area contributed by atoms with E-state index < -0.39 is 17.4 Å². The van der Waals surface area contributed by atoms with Crippen molar-refractivity contribution in [3.63, 3.8) is 0 Å². The Morgan fingerprint density at radius 2 is 2.06 bits per heavy atom. The Kier molecular flexibility index (Phi) is 5.73. The van der Waals surface area contributed by atoms with Gasteiger partial charge in [0, 0.05) is 23.1 Å². The second-order valence-electron chi connectivity index (χ2n) is 8.53. The van der Waals surface area contributed by atoms with E-state index in [-0.39, 0.29) is 16.4 Å². The molecule has 0 saturated carbocycles. The first-order valence-corrected chi connectivity index (χ1v) is 12.7. The number of hydrogen-bond acceptors (Lipinski definition) is 8. The highest BCUT2D eigenvalue weighted by Crippen LogP contribution is 2.53. The van der Waals surface area contributed by atoms with Gasteiger partial charge in [0.2, 0.25) is 0 Å². The summed E-state index contributed by atoms with van der Waals surface area (Å²) >= 11 is 7.54. The molecule has 0 bridgehead atoms. The number of pyridine rings is 1. The molecule has 1 saturated heterocycles. The lowest BCUT2D eigenvalue weighted by atomic mass is 9.88.